The number of para-hydroxylation sites is 1. The van der Waals surface area contributed by atoms with Gasteiger partial charge in [-0.3, -0.25) is 4.79 Å². The van der Waals surface area contributed by atoms with Gasteiger partial charge >= 0.3 is 0 Å². The molecule has 0 heterocycles. The van der Waals surface area contributed by atoms with Crippen LogP contribution in [0.4, 0.5) is 5.69 Å². The molecule has 0 saturated heterocycles. The maximum Gasteiger partial charge on any atom is 0.242 e. The molecule has 1 amide bonds. The van der Waals surface area contributed by atoms with Gasteiger partial charge in [-0.05, 0) is 42.3 Å². The third kappa shape index (κ3) is 5.98. The van der Waals surface area contributed by atoms with Gasteiger partial charge in [0.15, 0.2) is 0 Å². The highest BCUT2D eigenvalue weighted by molar-refractivity contribution is 7.89. The number of rotatable bonds is 8. The number of methoxy groups -OCH3 is 1. The van der Waals surface area contributed by atoms with Crippen molar-refractivity contribution in [3.63, 3.8) is 0 Å². The maximum absolute atomic E-state index is 13.0. The molecule has 1 atom stereocenters. The van der Waals surface area contributed by atoms with Gasteiger partial charge in [0.25, 0.3) is 0 Å². The fourth-order valence-electron chi connectivity index (χ4n) is 2.89. The van der Waals surface area contributed by atoms with Crippen molar-refractivity contribution in [2.45, 2.75) is 17.4 Å². The van der Waals surface area contributed by atoms with Crippen molar-refractivity contribution in [2.75, 3.05) is 12.4 Å². The van der Waals surface area contributed by atoms with Crippen LogP contribution in [0.25, 0.3) is 0 Å². The first-order chi connectivity index (χ1) is 14.8. The van der Waals surface area contributed by atoms with E-state index in [9.17, 15) is 13.2 Å². The lowest BCUT2D eigenvalue weighted by Crippen LogP contribution is -2.45. The number of benzene rings is 3. The summed E-state index contributed by atoms with van der Waals surface area (Å²) in [4.78, 5) is 12.9. The standard InChI is InChI=1S/C22H20Cl2N2O4S/c1-30-21-12-11-16(14-18(21)24)31(28,29)26-20(13-15-7-3-2-4-8-15)22(27)25-19-10-6-5-9-17(19)23/h2-12,14,20,26H,13H2,1H3,(H,25,27). The molecular formula is C22H20Cl2N2O4S. The highest BCUT2D eigenvalue weighted by atomic mass is 35.5. The van der Waals surface area contributed by atoms with Crippen molar-refractivity contribution in [3.05, 3.63) is 88.4 Å². The minimum atomic E-state index is -4.06. The smallest absolute Gasteiger partial charge is 0.242 e. The number of amides is 1. The Morgan fingerprint density at radius 1 is 0.968 bits per heavy atom. The lowest BCUT2D eigenvalue weighted by atomic mass is 10.1. The summed E-state index contributed by atoms with van der Waals surface area (Å²) in [6.45, 7) is 0. The lowest BCUT2D eigenvalue weighted by molar-refractivity contribution is -0.117. The number of sulfonamides is 1. The van der Waals surface area contributed by atoms with Crippen molar-refractivity contribution in [3.8, 4) is 5.75 Å². The molecule has 162 valence electrons. The van der Waals surface area contributed by atoms with E-state index in [2.05, 4.69) is 10.0 Å². The Bertz CT molecular complexity index is 1170. The molecule has 2 N–H and O–H groups in total. The first-order valence-corrected chi connectivity index (χ1v) is 11.5. The van der Waals surface area contributed by atoms with Crippen molar-refractivity contribution in [1.29, 1.82) is 0 Å². The Balaban J connectivity index is 1.89. The van der Waals surface area contributed by atoms with Crippen molar-refractivity contribution in [1.82, 2.24) is 4.72 Å². The Labute approximate surface area is 191 Å². The molecule has 0 aromatic heterocycles. The molecule has 3 rings (SSSR count). The van der Waals surface area contributed by atoms with E-state index in [0.29, 0.717) is 16.5 Å². The van der Waals surface area contributed by atoms with E-state index in [1.807, 2.05) is 30.3 Å². The summed E-state index contributed by atoms with van der Waals surface area (Å²) in [6.07, 6.45) is 0.139. The van der Waals surface area contributed by atoms with E-state index in [4.69, 9.17) is 27.9 Å². The monoisotopic (exact) mass is 478 g/mol. The molecular weight excluding hydrogens is 459 g/mol. The molecule has 0 bridgehead atoms. The molecule has 0 saturated carbocycles. The van der Waals surface area contributed by atoms with Gasteiger partial charge in [0.05, 0.1) is 27.7 Å². The first kappa shape index (κ1) is 23.1. The summed E-state index contributed by atoms with van der Waals surface area (Å²) in [5, 5.41) is 3.18. The fraction of sp³-hybridized carbons (Fsp3) is 0.136. The Hall–Kier alpha value is -2.58. The van der Waals surface area contributed by atoms with Gasteiger partial charge in [-0.25, -0.2) is 8.42 Å². The van der Waals surface area contributed by atoms with Gasteiger partial charge in [-0.1, -0.05) is 65.7 Å². The number of hydrogen-bond donors (Lipinski definition) is 2. The van der Waals surface area contributed by atoms with Crippen LogP contribution in [0.2, 0.25) is 10.0 Å². The van der Waals surface area contributed by atoms with Crippen LogP contribution in [0.5, 0.6) is 5.75 Å². The molecule has 0 aliphatic heterocycles. The van der Waals surface area contributed by atoms with Gasteiger partial charge in [0.2, 0.25) is 15.9 Å². The molecule has 9 heteroatoms. The number of carbonyl (C=O) groups is 1. The second kappa shape index (κ2) is 10.2. The van der Waals surface area contributed by atoms with Crippen LogP contribution >= 0.6 is 23.2 Å². The highest BCUT2D eigenvalue weighted by Crippen LogP contribution is 2.27. The zero-order valence-electron chi connectivity index (χ0n) is 16.5. The minimum absolute atomic E-state index is 0.0816. The average Bonchev–Trinajstić information content (AvgIpc) is 2.75. The number of hydrogen-bond acceptors (Lipinski definition) is 4. The first-order valence-electron chi connectivity index (χ1n) is 9.25. The largest absolute Gasteiger partial charge is 0.495 e. The second-order valence-electron chi connectivity index (χ2n) is 6.63. The molecule has 31 heavy (non-hydrogen) atoms. The normalized spacial score (nSPS) is 12.2. The average molecular weight is 479 g/mol. The molecule has 6 nitrogen and oxygen atoms in total. The van der Waals surface area contributed by atoms with E-state index in [-0.39, 0.29) is 16.3 Å². The second-order valence-corrected chi connectivity index (χ2v) is 9.16. The number of carbonyl (C=O) groups excluding carboxylic acids is 1. The van der Waals surface area contributed by atoms with Crippen LogP contribution in [-0.2, 0) is 21.2 Å². The summed E-state index contributed by atoms with van der Waals surface area (Å²) in [6, 6.07) is 18.8. The molecule has 0 spiro atoms. The predicted molar refractivity (Wildman–Crippen MR) is 122 cm³/mol. The van der Waals surface area contributed by atoms with Crippen molar-refractivity contribution >= 4 is 44.8 Å². The molecule has 3 aromatic rings. The molecule has 0 aliphatic carbocycles. The molecule has 0 aliphatic rings. The molecule has 1 unspecified atom stereocenters. The number of ether oxygens (including phenoxy) is 1. The Kier molecular flexibility index (Phi) is 7.56. The van der Waals surface area contributed by atoms with Crippen molar-refractivity contribution < 1.29 is 17.9 Å². The fourth-order valence-corrected chi connectivity index (χ4v) is 4.62. The summed E-state index contributed by atoms with van der Waals surface area (Å²) in [7, 11) is -2.63. The van der Waals surface area contributed by atoms with Crippen LogP contribution < -0.4 is 14.8 Å². The van der Waals surface area contributed by atoms with E-state index in [1.165, 1.54) is 25.3 Å². The van der Waals surface area contributed by atoms with Gasteiger partial charge < -0.3 is 10.1 Å². The van der Waals surface area contributed by atoms with E-state index in [0.717, 1.165) is 5.56 Å². The van der Waals surface area contributed by atoms with E-state index in [1.54, 1.807) is 24.3 Å². The van der Waals surface area contributed by atoms with Crippen molar-refractivity contribution in [2.24, 2.45) is 0 Å². The summed E-state index contributed by atoms with van der Waals surface area (Å²) in [5.41, 5.74) is 1.18. The Morgan fingerprint density at radius 2 is 1.65 bits per heavy atom. The minimum Gasteiger partial charge on any atom is -0.495 e. The third-order valence-electron chi connectivity index (χ3n) is 4.46. The number of halogens is 2. The number of nitrogens with one attached hydrogen (secondary N) is 2. The van der Waals surface area contributed by atoms with Crippen LogP contribution in [0.3, 0.4) is 0 Å². The summed E-state index contributed by atoms with van der Waals surface area (Å²) in [5.74, 6) is -0.196. The van der Waals surface area contributed by atoms with Gasteiger partial charge in [0.1, 0.15) is 11.8 Å². The lowest BCUT2D eigenvalue weighted by Gasteiger charge is -2.19. The van der Waals surface area contributed by atoms with Crippen LogP contribution in [0, 0.1) is 0 Å². The topological polar surface area (TPSA) is 84.5 Å². The number of anilines is 1. The zero-order chi connectivity index (χ0) is 22.4. The van der Waals surface area contributed by atoms with Gasteiger partial charge in [-0.2, -0.15) is 4.72 Å². The van der Waals surface area contributed by atoms with Crippen LogP contribution in [-0.4, -0.2) is 27.5 Å². The van der Waals surface area contributed by atoms with Crippen LogP contribution in [0.15, 0.2) is 77.7 Å². The molecule has 0 fully saturated rings. The highest BCUT2D eigenvalue weighted by Gasteiger charge is 2.27. The maximum atomic E-state index is 13.0. The zero-order valence-corrected chi connectivity index (χ0v) is 18.8. The molecule has 3 aromatic carbocycles. The molecule has 0 radical (unpaired) electrons. The Morgan fingerprint density at radius 3 is 2.29 bits per heavy atom. The quantitative estimate of drug-likeness (QED) is 0.497. The third-order valence-corrected chi connectivity index (χ3v) is 6.56. The van der Waals surface area contributed by atoms with Gasteiger partial charge in [0, 0.05) is 0 Å². The van der Waals surface area contributed by atoms with E-state index < -0.39 is 22.0 Å². The van der Waals surface area contributed by atoms with Crippen LogP contribution in [0.1, 0.15) is 5.56 Å². The van der Waals surface area contributed by atoms with E-state index >= 15 is 0 Å². The van der Waals surface area contributed by atoms with Gasteiger partial charge in [-0.15, -0.1) is 0 Å². The summed E-state index contributed by atoms with van der Waals surface area (Å²) < 4.78 is 33.5. The predicted octanol–water partition coefficient (Wildman–Crippen LogP) is 4.53. The summed E-state index contributed by atoms with van der Waals surface area (Å²) >= 11 is 12.2. The SMILES string of the molecule is COc1ccc(S(=O)(=O)NC(Cc2ccccc2)C(=O)Nc2ccccc2Cl)cc1Cl.